The number of nitrogens with zero attached hydrogens (tertiary/aromatic N) is 2. The van der Waals surface area contributed by atoms with Gasteiger partial charge in [0, 0.05) is 22.6 Å². The Balaban J connectivity index is 1.51. The molecule has 5 nitrogen and oxygen atoms in total. The van der Waals surface area contributed by atoms with E-state index in [1.54, 1.807) is 6.07 Å². The number of benzene rings is 1. The molecule has 0 unspecified atom stereocenters. The number of hydrogen-bond donors (Lipinski definition) is 1. The summed E-state index contributed by atoms with van der Waals surface area (Å²) in [5.74, 6) is 2.29. The first-order valence-corrected chi connectivity index (χ1v) is 9.41. The fourth-order valence-electron chi connectivity index (χ4n) is 2.62. The van der Waals surface area contributed by atoms with Gasteiger partial charge >= 0.3 is 0 Å². The molecule has 0 aliphatic heterocycles. The molecule has 1 aliphatic carbocycles. The minimum Gasteiger partial charge on any atom is -0.440 e. The van der Waals surface area contributed by atoms with E-state index in [1.165, 1.54) is 11.8 Å². The van der Waals surface area contributed by atoms with E-state index in [2.05, 4.69) is 15.0 Å². The summed E-state index contributed by atoms with van der Waals surface area (Å²) in [6.07, 6.45) is 2.23. The Bertz CT molecular complexity index is 961. The molecule has 2 aromatic heterocycles. The second-order valence-electron chi connectivity index (χ2n) is 6.07. The van der Waals surface area contributed by atoms with Crippen LogP contribution in [0.1, 0.15) is 36.0 Å². The number of hydrogen-bond acceptors (Lipinski definition) is 5. The first kappa shape index (κ1) is 16.4. The van der Waals surface area contributed by atoms with Crippen molar-refractivity contribution in [3.8, 4) is 11.3 Å². The van der Waals surface area contributed by atoms with Crippen molar-refractivity contribution in [2.24, 2.45) is 0 Å². The van der Waals surface area contributed by atoms with Crippen LogP contribution in [0.4, 0.5) is 0 Å². The zero-order valence-electron chi connectivity index (χ0n) is 13.6. The summed E-state index contributed by atoms with van der Waals surface area (Å²) in [7, 11) is 0. The van der Waals surface area contributed by atoms with Gasteiger partial charge in [-0.05, 0) is 44.0 Å². The van der Waals surface area contributed by atoms with Crippen LogP contribution in [-0.2, 0) is 5.75 Å². The fourth-order valence-corrected chi connectivity index (χ4v) is 3.48. The van der Waals surface area contributed by atoms with Gasteiger partial charge in [-0.15, -0.1) is 0 Å². The molecule has 0 bridgehead atoms. The second kappa shape index (κ2) is 6.69. The molecule has 0 amide bonds. The normalized spacial score (nSPS) is 14.0. The predicted octanol–water partition coefficient (Wildman–Crippen LogP) is 4.56. The van der Waals surface area contributed by atoms with E-state index < -0.39 is 0 Å². The lowest BCUT2D eigenvalue weighted by Crippen LogP contribution is -2.09. The van der Waals surface area contributed by atoms with E-state index in [-0.39, 0.29) is 5.56 Å². The lowest BCUT2D eigenvalue weighted by Gasteiger charge is -2.01. The molecule has 4 rings (SSSR count). The number of oxazole rings is 1. The SMILES string of the molecule is Cc1nc(CSc2nc(C3CC3)cc(=O)[nH]2)oc1-c1ccc(Cl)cc1. The number of aryl methyl sites for hydroxylation is 1. The molecule has 1 saturated carbocycles. The molecule has 0 spiro atoms. The summed E-state index contributed by atoms with van der Waals surface area (Å²) in [6, 6.07) is 9.06. The number of nitrogens with one attached hydrogen (secondary N) is 1. The van der Waals surface area contributed by atoms with E-state index in [4.69, 9.17) is 16.0 Å². The maximum atomic E-state index is 11.8. The topological polar surface area (TPSA) is 71.8 Å². The summed E-state index contributed by atoms with van der Waals surface area (Å²) in [5.41, 5.74) is 2.54. The van der Waals surface area contributed by atoms with Crippen molar-refractivity contribution in [2.75, 3.05) is 0 Å². The smallest absolute Gasteiger partial charge is 0.251 e. The van der Waals surface area contributed by atoms with Crippen LogP contribution in [0.5, 0.6) is 0 Å². The second-order valence-corrected chi connectivity index (χ2v) is 7.47. The van der Waals surface area contributed by atoms with Gasteiger partial charge in [-0.25, -0.2) is 9.97 Å². The molecule has 1 aromatic carbocycles. The summed E-state index contributed by atoms with van der Waals surface area (Å²) >= 11 is 7.35. The minimum atomic E-state index is -0.107. The van der Waals surface area contributed by atoms with Crippen molar-refractivity contribution in [3.63, 3.8) is 0 Å². The number of H-pyrrole nitrogens is 1. The Morgan fingerprint density at radius 2 is 2.04 bits per heavy atom. The first-order valence-electron chi connectivity index (χ1n) is 8.05. The lowest BCUT2D eigenvalue weighted by atomic mass is 10.1. The molecule has 7 heteroatoms. The van der Waals surface area contributed by atoms with E-state index in [0.29, 0.717) is 27.7 Å². The van der Waals surface area contributed by atoms with E-state index in [9.17, 15) is 4.79 Å². The van der Waals surface area contributed by atoms with Gasteiger partial charge in [0.15, 0.2) is 10.9 Å². The number of rotatable bonds is 5. The van der Waals surface area contributed by atoms with Crippen molar-refractivity contribution in [1.29, 1.82) is 0 Å². The standard InChI is InChI=1S/C18H16ClN3O2S/c1-10-17(12-4-6-13(19)7-5-12)24-16(20-10)9-25-18-21-14(11-2-3-11)8-15(23)22-18/h4-8,11H,2-3,9H2,1H3,(H,21,22,23). The average molecular weight is 374 g/mol. The highest BCUT2D eigenvalue weighted by Gasteiger charge is 2.26. The number of halogens is 1. The Hall–Kier alpha value is -2.05. The van der Waals surface area contributed by atoms with Gasteiger partial charge in [0.25, 0.3) is 5.56 Å². The molecule has 0 radical (unpaired) electrons. The van der Waals surface area contributed by atoms with Crippen molar-refractivity contribution < 1.29 is 4.42 Å². The summed E-state index contributed by atoms with van der Waals surface area (Å²) in [4.78, 5) is 23.5. The van der Waals surface area contributed by atoms with Crippen LogP contribution < -0.4 is 5.56 Å². The Kier molecular flexibility index (Phi) is 4.39. The highest BCUT2D eigenvalue weighted by atomic mass is 35.5. The van der Waals surface area contributed by atoms with Crippen molar-refractivity contribution in [1.82, 2.24) is 15.0 Å². The van der Waals surface area contributed by atoms with Crippen LogP contribution in [0, 0.1) is 6.92 Å². The number of thioether (sulfide) groups is 1. The predicted molar refractivity (Wildman–Crippen MR) is 98.1 cm³/mol. The van der Waals surface area contributed by atoms with Gasteiger partial charge in [-0.3, -0.25) is 4.79 Å². The van der Waals surface area contributed by atoms with E-state index in [1.807, 2.05) is 31.2 Å². The van der Waals surface area contributed by atoms with Crippen LogP contribution in [0.2, 0.25) is 5.02 Å². The molecule has 0 saturated heterocycles. The van der Waals surface area contributed by atoms with Gasteiger partial charge in [0.1, 0.15) is 0 Å². The van der Waals surface area contributed by atoms with Crippen LogP contribution in [-0.4, -0.2) is 15.0 Å². The zero-order valence-corrected chi connectivity index (χ0v) is 15.2. The van der Waals surface area contributed by atoms with Crippen LogP contribution >= 0.6 is 23.4 Å². The highest BCUT2D eigenvalue weighted by Crippen LogP contribution is 2.38. The van der Waals surface area contributed by atoms with Crippen molar-refractivity contribution in [3.05, 3.63) is 63.0 Å². The molecule has 1 aliphatic rings. The molecular formula is C18H16ClN3O2S. The van der Waals surface area contributed by atoms with Gasteiger partial charge in [0.05, 0.1) is 17.1 Å². The monoisotopic (exact) mass is 373 g/mol. The quantitative estimate of drug-likeness (QED) is 0.524. The van der Waals surface area contributed by atoms with Gasteiger partial charge in [-0.1, -0.05) is 23.4 Å². The van der Waals surface area contributed by atoms with Crippen molar-refractivity contribution in [2.45, 2.75) is 36.6 Å². The third kappa shape index (κ3) is 3.80. The maximum Gasteiger partial charge on any atom is 0.251 e. The van der Waals surface area contributed by atoms with Crippen LogP contribution in [0.15, 0.2) is 44.7 Å². The fraction of sp³-hybridized carbons (Fsp3) is 0.278. The minimum absolute atomic E-state index is 0.107. The largest absolute Gasteiger partial charge is 0.440 e. The number of aromatic nitrogens is 3. The van der Waals surface area contributed by atoms with Crippen LogP contribution in [0.25, 0.3) is 11.3 Å². The first-order chi connectivity index (χ1) is 12.1. The molecule has 128 valence electrons. The lowest BCUT2D eigenvalue weighted by molar-refractivity contribution is 0.529. The highest BCUT2D eigenvalue weighted by molar-refractivity contribution is 7.98. The van der Waals surface area contributed by atoms with Crippen molar-refractivity contribution >= 4 is 23.4 Å². The third-order valence-corrected chi connectivity index (χ3v) is 5.13. The van der Waals surface area contributed by atoms with Gasteiger partial charge < -0.3 is 9.40 Å². The zero-order chi connectivity index (χ0) is 17.4. The Morgan fingerprint density at radius 1 is 1.28 bits per heavy atom. The Morgan fingerprint density at radius 3 is 2.76 bits per heavy atom. The summed E-state index contributed by atoms with van der Waals surface area (Å²) in [5, 5.41) is 1.29. The molecule has 1 fully saturated rings. The van der Waals surface area contributed by atoms with Gasteiger partial charge in [-0.2, -0.15) is 0 Å². The summed E-state index contributed by atoms with van der Waals surface area (Å²) in [6.45, 7) is 1.91. The molecule has 1 N–H and O–H groups in total. The van der Waals surface area contributed by atoms with E-state index >= 15 is 0 Å². The van der Waals surface area contributed by atoms with Gasteiger partial charge in [0.2, 0.25) is 5.89 Å². The molecule has 25 heavy (non-hydrogen) atoms. The van der Waals surface area contributed by atoms with E-state index in [0.717, 1.165) is 35.6 Å². The molecule has 3 aromatic rings. The maximum absolute atomic E-state index is 11.8. The molecule has 0 atom stereocenters. The van der Waals surface area contributed by atoms with Crippen LogP contribution in [0.3, 0.4) is 0 Å². The molecular weight excluding hydrogens is 358 g/mol. The number of aromatic amines is 1. The summed E-state index contributed by atoms with van der Waals surface area (Å²) < 4.78 is 5.89. The average Bonchev–Trinajstić information content (AvgIpc) is 3.37. The molecule has 2 heterocycles. The third-order valence-electron chi connectivity index (χ3n) is 4.02. The Labute approximate surface area is 153 Å².